The zero-order valence-electron chi connectivity index (χ0n) is 30.8. The molecule has 4 rings (SSSR count). The second-order valence-corrected chi connectivity index (χ2v) is 27.1. The molecule has 11 nitrogen and oxygen atoms in total. The van der Waals surface area contributed by atoms with E-state index in [1.807, 2.05) is 30.0 Å². The Morgan fingerprint density at radius 2 is 1.84 bits per heavy atom. The molecule has 0 radical (unpaired) electrons. The van der Waals surface area contributed by atoms with Crippen LogP contribution in [0.15, 0.2) is 40.7 Å². The average Bonchev–Trinajstić information content (AvgIpc) is 3.66. The van der Waals surface area contributed by atoms with Crippen LogP contribution in [0.4, 0.5) is 16.8 Å². The van der Waals surface area contributed by atoms with Gasteiger partial charge in [-0.15, -0.1) is 21.5 Å². The summed E-state index contributed by atoms with van der Waals surface area (Å²) in [7, 11) is -0.108. The summed E-state index contributed by atoms with van der Waals surface area (Å²) >= 11 is 2.95. The van der Waals surface area contributed by atoms with Crippen molar-refractivity contribution < 1.29 is 23.4 Å². The number of aromatic nitrogens is 4. The maximum atomic E-state index is 12.3. The Morgan fingerprint density at radius 1 is 1.10 bits per heavy atom. The molecule has 1 aromatic carbocycles. The molecule has 0 aliphatic carbocycles. The summed E-state index contributed by atoms with van der Waals surface area (Å²) in [5, 5.41) is 11.6. The molecule has 1 unspecified atom stereocenters. The van der Waals surface area contributed by atoms with Gasteiger partial charge in [-0.25, -0.2) is 9.78 Å². The Labute approximate surface area is 300 Å². The van der Waals surface area contributed by atoms with Gasteiger partial charge in [-0.1, -0.05) is 63.9 Å². The number of methoxy groups -OCH3 is 2. The van der Waals surface area contributed by atoms with Crippen molar-refractivity contribution in [1.29, 1.82) is 0 Å². The molecule has 0 bridgehead atoms. The third kappa shape index (κ3) is 10.4. The maximum Gasteiger partial charge on any atom is 0.357 e. The number of carbonyl (C=O) groups excluding carboxylic acids is 1. The molecule has 0 aliphatic heterocycles. The van der Waals surface area contributed by atoms with Gasteiger partial charge >= 0.3 is 5.97 Å². The smallest absolute Gasteiger partial charge is 0.357 e. The van der Waals surface area contributed by atoms with E-state index in [9.17, 15) is 4.79 Å². The topological polar surface area (TPSA) is 113 Å². The van der Waals surface area contributed by atoms with Gasteiger partial charge < -0.3 is 23.5 Å². The van der Waals surface area contributed by atoms with E-state index < -0.39 is 22.4 Å². The highest BCUT2D eigenvalue weighted by atomic mass is 32.1. The van der Waals surface area contributed by atoms with Crippen molar-refractivity contribution in [2.24, 2.45) is 4.99 Å². The molecule has 3 heterocycles. The SMILES string of the molecule is COC(=O)c1csc(N(CCC(CO[Si](C)(C)C(C)(C)C)OC)c2cc(C)c(/N=c3\sc4ccccc4n3COCC[Si](C)(C)C)nn2)n1. The third-order valence-electron chi connectivity index (χ3n) is 8.79. The Kier molecular flexibility index (Phi) is 13.1. The van der Waals surface area contributed by atoms with Crippen LogP contribution in [0.25, 0.3) is 10.2 Å². The van der Waals surface area contributed by atoms with E-state index >= 15 is 0 Å². The van der Waals surface area contributed by atoms with E-state index in [0.29, 0.717) is 43.1 Å². The minimum atomic E-state index is -1.96. The number of benzene rings is 1. The van der Waals surface area contributed by atoms with Crippen molar-refractivity contribution in [3.63, 3.8) is 0 Å². The van der Waals surface area contributed by atoms with Crippen molar-refractivity contribution in [3.05, 3.63) is 51.8 Å². The van der Waals surface area contributed by atoms with Crippen LogP contribution in [0.1, 0.15) is 43.2 Å². The van der Waals surface area contributed by atoms with Gasteiger partial charge in [0.15, 0.2) is 35.6 Å². The number of thiazole rings is 2. The summed E-state index contributed by atoms with van der Waals surface area (Å²) in [6.45, 7) is 22.3. The van der Waals surface area contributed by atoms with Gasteiger partial charge in [-0.2, -0.15) is 4.99 Å². The summed E-state index contributed by atoms with van der Waals surface area (Å²) in [5.41, 5.74) is 2.17. The lowest BCUT2D eigenvalue weighted by Crippen LogP contribution is -2.43. The molecule has 0 saturated heterocycles. The van der Waals surface area contributed by atoms with Crippen LogP contribution >= 0.6 is 22.7 Å². The molecule has 0 amide bonds. The van der Waals surface area contributed by atoms with E-state index in [4.69, 9.17) is 23.6 Å². The number of rotatable bonds is 16. The number of esters is 1. The number of ether oxygens (including phenoxy) is 3. The number of hydrogen-bond acceptors (Lipinski definition) is 12. The van der Waals surface area contributed by atoms with E-state index in [1.165, 1.54) is 18.4 Å². The Balaban J connectivity index is 1.63. The first-order valence-electron chi connectivity index (χ1n) is 16.6. The van der Waals surface area contributed by atoms with E-state index in [2.05, 4.69) is 85.4 Å². The second-order valence-electron chi connectivity index (χ2n) is 14.8. The normalized spacial score (nSPS) is 13.7. The van der Waals surface area contributed by atoms with E-state index in [0.717, 1.165) is 33.2 Å². The molecule has 0 fully saturated rings. The first-order chi connectivity index (χ1) is 23.0. The Bertz CT molecular complexity index is 1780. The lowest BCUT2D eigenvalue weighted by Gasteiger charge is -2.37. The zero-order chi connectivity index (χ0) is 36.0. The van der Waals surface area contributed by atoms with Crippen LogP contribution in [0.2, 0.25) is 43.8 Å². The first kappa shape index (κ1) is 39.0. The highest BCUT2D eigenvalue weighted by Crippen LogP contribution is 2.37. The minimum absolute atomic E-state index is 0.0954. The second kappa shape index (κ2) is 16.5. The maximum absolute atomic E-state index is 12.3. The highest BCUT2D eigenvalue weighted by Gasteiger charge is 2.37. The Morgan fingerprint density at radius 3 is 2.49 bits per heavy atom. The van der Waals surface area contributed by atoms with Crippen LogP contribution < -0.4 is 9.70 Å². The number of para-hydroxylation sites is 1. The van der Waals surface area contributed by atoms with Gasteiger partial charge in [0.2, 0.25) is 0 Å². The molecular formula is C34H52N6O5S2Si2. The molecule has 4 aromatic rings. The van der Waals surface area contributed by atoms with Gasteiger partial charge in [-0.3, -0.25) is 4.57 Å². The van der Waals surface area contributed by atoms with Crippen LogP contribution in [0.3, 0.4) is 0 Å². The van der Waals surface area contributed by atoms with Gasteiger partial charge in [0.1, 0.15) is 6.73 Å². The fraction of sp³-hybridized carbons (Fsp3) is 0.559. The van der Waals surface area contributed by atoms with E-state index in [-0.39, 0.29) is 16.8 Å². The fourth-order valence-corrected chi connectivity index (χ4v) is 8.16. The lowest BCUT2D eigenvalue weighted by atomic mass is 10.2. The fourth-order valence-electron chi connectivity index (χ4n) is 4.52. The van der Waals surface area contributed by atoms with Gasteiger partial charge in [-0.05, 0) is 61.3 Å². The summed E-state index contributed by atoms with van der Waals surface area (Å²) in [5.74, 6) is 0.636. The van der Waals surface area contributed by atoms with E-state index in [1.54, 1.807) is 23.8 Å². The molecular weight excluding hydrogens is 693 g/mol. The molecule has 0 saturated carbocycles. The minimum Gasteiger partial charge on any atom is -0.464 e. The highest BCUT2D eigenvalue weighted by molar-refractivity contribution is 7.16. The van der Waals surface area contributed by atoms with Crippen molar-refractivity contribution in [3.8, 4) is 0 Å². The molecule has 3 aromatic heterocycles. The predicted molar refractivity (Wildman–Crippen MR) is 205 cm³/mol. The summed E-state index contributed by atoms with van der Waals surface area (Å²) in [6, 6.07) is 11.3. The molecule has 268 valence electrons. The average molecular weight is 745 g/mol. The van der Waals surface area contributed by atoms with Gasteiger partial charge in [0.25, 0.3) is 0 Å². The molecule has 0 N–H and O–H groups in total. The predicted octanol–water partition coefficient (Wildman–Crippen LogP) is 8.15. The van der Waals surface area contributed by atoms with Crippen LogP contribution in [-0.4, -0.2) is 82.2 Å². The van der Waals surface area contributed by atoms with Gasteiger partial charge in [0.05, 0.1) is 30.0 Å². The molecule has 0 spiro atoms. The molecule has 15 heteroatoms. The van der Waals surface area contributed by atoms with Crippen molar-refractivity contribution in [1.82, 2.24) is 19.7 Å². The lowest BCUT2D eigenvalue weighted by molar-refractivity contribution is 0.0489. The monoisotopic (exact) mass is 744 g/mol. The number of fused-ring (bicyclic) bond motifs is 1. The van der Waals surface area contributed by atoms with Crippen LogP contribution in [0, 0.1) is 6.92 Å². The van der Waals surface area contributed by atoms with Crippen molar-refractivity contribution in [2.45, 2.75) is 90.8 Å². The Hall–Kier alpha value is -2.80. The molecule has 0 aliphatic rings. The quantitative estimate of drug-likeness (QED) is 0.0637. The van der Waals surface area contributed by atoms with Crippen molar-refractivity contribution >= 4 is 72.0 Å². The molecule has 49 heavy (non-hydrogen) atoms. The number of aryl methyl sites for hydroxylation is 1. The number of anilines is 2. The summed E-state index contributed by atoms with van der Waals surface area (Å²) < 4.78 is 26.6. The largest absolute Gasteiger partial charge is 0.464 e. The summed E-state index contributed by atoms with van der Waals surface area (Å²) in [6.07, 6.45) is 0.501. The summed E-state index contributed by atoms with van der Waals surface area (Å²) in [4.78, 5) is 24.6. The van der Waals surface area contributed by atoms with Gasteiger partial charge in [0, 0.05) is 33.7 Å². The molecule has 1 atom stereocenters. The first-order valence-corrected chi connectivity index (χ1v) is 24.9. The zero-order valence-corrected chi connectivity index (χ0v) is 34.5. The van der Waals surface area contributed by atoms with Crippen molar-refractivity contribution in [2.75, 3.05) is 38.9 Å². The number of hydrogen-bond donors (Lipinski definition) is 0. The number of nitrogens with zero attached hydrogens (tertiary/aromatic N) is 6. The number of carbonyl (C=O) groups is 1. The van der Waals surface area contributed by atoms with Crippen LogP contribution in [-0.2, 0) is 25.4 Å². The van der Waals surface area contributed by atoms with Crippen LogP contribution in [0.5, 0.6) is 0 Å². The third-order valence-corrected chi connectivity index (χ3v) is 16.9. The standard InChI is InChI=1S/C34H52N6O5S2Si2/c1-24-20-29(37-38-30(24)36-33-40(23-44-18-19-48(7,8)9)27-14-12-13-15-28(27)47-33)39(32-35-26(22-46-32)31(41)43-6)17-16-25(42-5)21-45-49(10,11)34(2,3)4/h12-15,20,22,25H,16-19,21,23H2,1-11H3/b36-33-.